The summed E-state index contributed by atoms with van der Waals surface area (Å²) >= 11 is 0. The highest BCUT2D eigenvalue weighted by atomic mass is 16.5. The third-order valence-electron chi connectivity index (χ3n) is 5.13. The molecule has 0 unspecified atom stereocenters. The Morgan fingerprint density at radius 1 is 1.12 bits per heavy atom. The lowest BCUT2D eigenvalue weighted by Crippen LogP contribution is -2.44. The van der Waals surface area contributed by atoms with Crippen molar-refractivity contribution in [3.63, 3.8) is 0 Å². The van der Waals surface area contributed by atoms with E-state index in [-0.39, 0.29) is 24.6 Å². The molecule has 3 rings (SSSR count). The maximum atomic E-state index is 12.5. The number of carbonyl (C=O) groups is 3. The van der Waals surface area contributed by atoms with E-state index in [0.29, 0.717) is 12.1 Å². The zero-order valence-electron chi connectivity index (χ0n) is 18.1. The average molecular weight is 434 g/mol. The minimum absolute atomic E-state index is 0.0543. The third-order valence-corrected chi connectivity index (χ3v) is 5.13. The molecule has 2 aromatic carbocycles. The molecule has 8 heteroatoms. The summed E-state index contributed by atoms with van der Waals surface area (Å²) in [5, 5.41) is 6.19. The van der Waals surface area contributed by atoms with Gasteiger partial charge in [0.1, 0.15) is 0 Å². The molecule has 0 radical (unpaired) electrons. The predicted octanol–water partition coefficient (Wildman–Crippen LogP) is 3.41. The summed E-state index contributed by atoms with van der Waals surface area (Å²) in [5.74, 6) is 4.33. The van der Waals surface area contributed by atoms with Crippen molar-refractivity contribution < 1.29 is 19.1 Å². The van der Waals surface area contributed by atoms with Crippen molar-refractivity contribution in [3.05, 3.63) is 54.1 Å². The quantitative estimate of drug-likeness (QED) is 0.624. The van der Waals surface area contributed by atoms with Gasteiger partial charge in [0, 0.05) is 29.5 Å². The molecule has 4 N–H and O–H groups in total. The Morgan fingerprint density at radius 3 is 2.50 bits per heavy atom. The van der Waals surface area contributed by atoms with Crippen LogP contribution in [0.4, 0.5) is 21.9 Å². The van der Waals surface area contributed by atoms with Crippen molar-refractivity contribution in [3.8, 4) is 11.8 Å². The molecule has 1 aliphatic heterocycles. The highest BCUT2D eigenvalue weighted by molar-refractivity contribution is 6.04. The van der Waals surface area contributed by atoms with Gasteiger partial charge in [0.15, 0.2) is 6.61 Å². The molecule has 166 valence electrons. The highest BCUT2D eigenvalue weighted by Crippen LogP contribution is 2.39. The fourth-order valence-corrected chi connectivity index (χ4v) is 3.74. The van der Waals surface area contributed by atoms with Gasteiger partial charge in [-0.1, -0.05) is 31.0 Å². The average Bonchev–Trinajstić information content (AvgIpc) is 2.77. The fourth-order valence-electron chi connectivity index (χ4n) is 3.74. The van der Waals surface area contributed by atoms with Crippen molar-refractivity contribution in [1.29, 1.82) is 0 Å². The van der Waals surface area contributed by atoms with Crippen molar-refractivity contribution in [1.82, 2.24) is 0 Å². The van der Waals surface area contributed by atoms with E-state index in [0.717, 1.165) is 23.4 Å². The molecule has 1 aliphatic rings. The fraction of sp³-hybridized carbons (Fsp3) is 0.292. The first kappa shape index (κ1) is 22.7. The van der Waals surface area contributed by atoms with Gasteiger partial charge < -0.3 is 26.0 Å². The van der Waals surface area contributed by atoms with Gasteiger partial charge in [-0.15, -0.1) is 0 Å². The molecule has 0 spiro atoms. The number of benzene rings is 2. The lowest BCUT2D eigenvalue weighted by Gasteiger charge is -2.40. The summed E-state index contributed by atoms with van der Waals surface area (Å²) in [6.07, 6.45) is 0.305. The number of amides is 3. The molecule has 1 heterocycles. The molecule has 0 fully saturated rings. The van der Waals surface area contributed by atoms with Gasteiger partial charge >= 0.3 is 6.09 Å². The summed E-state index contributed by atoms with van der Waals surface area (Å²) in [4.78, 5) is 36.7. The molecule has 0 saturated heterocycles. The number of nitrogens with zero attached hydrogens (tertiary/aromatic N) is 1. The number of fused-ring (bicyclic) bond motifs is 1. The van der Waals surface area contributed by atoms with Crippen molar-refractivity contribution >= 4 is 35.0 Å². The van der Waals surface area contributed by atoms with Crippen LogP contribution in [0.5, 0.6) is 0 Å². The van der Waals surface area contributed by atoms with E-state index in [4.69, 9.17) is 5.73 Å². The molecule has 0 bridgehead atoms. The molecule has 0 saturated carbocycles. The van der Waals surface area contributed by atoms with Crippen LogP contribution in [0.25, 0.3) is 0 Å². The molecule has 3 amide bonds. The van der Waals surface area contributed by atoms with E-state index in [1.807, 2.05) is 48.2 Å². The lowest BCUT2D eigenvalue weighted by molar-refractivity contribution is -0.118. The van der Waals surface area contributed by atoms with Crippen LogP contribution in [0.2, 0.25) is 0 Å². The van der Waals surface area contributed by atoms with Crippen LogP contribution >= 0.6 is 0 Å². The Bertz CT molecular complexity index is 1060. The Kier molecular flexibility index (Phi) is 7.34. The van der Waals surface area contributed by atoms with E-state index in [1.54, 1.807) is 12.1 Å². The van der Waals surface area contributed by atoms with Gasteiger partial charge in [-0.2, -0.15) is 0 Å². The van der Waals surface area contributed by atoms with Gasteiger partial charge in [-0.25, -0.2) is 4.79 Å². The molecule has 0 aromatic heterocycles. The van der Waals surface area contributed by atoms with E-state index in [9.17, 15) is 14.4 Å². The molecule has 2 atom stereocenters. The number of anilines is 3. The van der Waals surface area contributed by atoms with Gasteiger partial charge in [0.05, 0.1) is 6.04 Å². The summed E-state index contributed by atoms with van der Waals surface area (Å²) in [6, 6.07) is 15.4. The number of nitrogens with two attached hydrogens (primary N) is 1. The zero-order valence-corrected chi connectivity index (χ0v) is 18.1. The summed E-state index contributed by atoms with van der Waals surface area (Å²) in [5.41, 5.74) is 8.33. The van der Waals surface area contributed by atoms with Crippen LogP contribution in [0.15, 0.2) is 48.5 Å². The second-order valence-electron chi connectivity index (χ2n) is 7.40. The standard InChI is InChI=1S/C24H26N4O4/c1-3-23(30)28-16(2)15-20(19-7-4-5-8-21(19)28)26-17-10-12-18(13-11-17)27-22(29)9-6-14-32-24(25)31/h4-5,7-8,10-13,16,20,26H,3,14-15H2,1-2H3,(H2,25,31)(H,27,29)/t16-,20+/m0/s1. The van der Waals surface area contributed by atoms with Crippen LogP contribution in [0.3, 0.4) is 0 Å². The number of ether oxygens (including phenoxy) is 1. The molecule has 2 aromatic rings. The minimum atomic E-state index is -0.942. The van der Waals surface area contributed by atoms with Gasteiger partial charge in [0.25, 0.3) is 5.91 Å². The Hall–Kier alpha value is -3.99. The van der Waals surface area contributed by atoms with Crippen LogP contribution in [-0.4, -0.2) is 30.6 Å². The summed E-state index contributed by atoms with van der Waals surface area (Å²) in [6.45, 7) is 3.70. The Balaban J connectivity index is 1.67. The largest absolute Gasteiger partial charge is 0.437 e. The highest BCUT2D eigenvalue weighted by Gasteiger charge is 2.32. The number of nitrogens with one attached hydrogen (secondary N) is 2. The number of primary amides is 1. The summed E-state index contributed by atoms with van der Waals surface area (Å²) in [7, 11) is 0. The first-order chi connectivity index (χ1) is 15.4. The van der Waals surface area contributed by atoms with Crippen LogP contribution in [-0.2, 0) is 14.3 Å². The van der Waals surface area contributed by atoms with Crippen LogP contribution < -0.4 is 21.3 Å². The first-order valence-electron chi connectivity index (χ1n) is 10.4. The number of hydrogen-bond donors (Lipinski definition) is 3. The second-order valence-corrected chi connectivity index (χ2v) is 7.40. The molecule has 8 nitrogen and oxygen atoms in total. The van der Waals surface area contributed by atoms with Crippen LogP contribution in [0.1, 0.15) is 38.3 Å². The molecule has 0 aliphatic carbocycles. The SMILES string of the molecule is CCC(=O)N1c2ccccc2[C@H](Nc2ccc(NC(=O)C#CCOC(N)=O)cc2)C[C@@H]1C. The van der Waals surface area contributed by atoms with Gasteiger partial charge in [-0.05, 0) is 55.2 Å². The lowest BCUT2D eigenvalue weighted by atomic mass is 9.91. The normalized spacial score (nSPS) is 16.8. The Labute approximate surface area is 187 Å². The Morgan fingerprint density at radius 2 is 1.81 bits per heavy atom. The third kappa shape index (κ3) is 5.58. The van der Waals surface area contributed by atoms with Crippen LogP contribution in [0, 0.1) is 11.8 Å². The first-order valence-corrected chi connectivity index (χ1v) is 10.4. The number of rotatable bonds is 5. The summed E-state index contributed by atoms with van der Waals surface area (Å²) < 4.78 is 4.44. The predicted molar refractivity (Wildman–Crippen MR) is 123 cm³/mol. The minimum Gasteiger partial charge on any atom is -0.437 e. The van der Waals surface area contributed by atoms with E-state index < -0.39 is 12.0 Å². The zero-order chi connectivity index (χ0) is 23.1. The van der Waals surface area contributed by atoms with Crippen molar-refractivity contribution in [2.45, 2.75) is 38.8 Å². The molecular weight excluding hydrogens is 408 g/mol. The van der Waals surface area contributed by atoms with Gasteiger partial charge in [0.2, 0.25) is 5.91 Å². The monoisotopic (exact) mass is 434 g/mol. The van der Waals surface area contributed by atoms with E-state index >= 15 is 0 Å². The maximum Gasteiger partial charge on any atom is 0.405 e. The number of carbonyl (C=O) groups excluding carboxylic acids is 3. The number of hydrogen-bond acceptors (Lipinski definition) is 5. The maximum absolute atomic E-state index is 12.5. The van der Waals surface area contributed by atoms with Gasteiger partial charge in [-0.3, -0.25) is 9.59 Å². The van der Waals surface area contributed by atoms with Crippen molar-refractivity contribution in [2.75, 3.05) is 22.1 Å². The number of para-hydroxylation sites is 1. The second kappa shape index (κ2) is 10.4. The van der Waals surface area contributed by atoms with Crippen molar-refractivity contribution in [2.24, 2.45) is 5.73 Å². The van der Waals surface area contributed by atoms with E-state index in [1.165, 1.54) is 0 Å². The smallest absolute Gasteiger partial charge is 0.405 e. The topological polar surface area (TPSA) is 114 Å². The van der Waals surface area contributed by atoms with E-state index in [2.05, 4.69) is 34.1 Å². The molecule has 32 heavy (non-hydrogen) atoms. The molecular formula is C24H26N4O4.